The van der Waals surface area contributed by atoms with Crippen molar-refractivity contribution in [1.82, 2.24) is 9.21 Å². The Morgan fingerprint density at radius 3 is 2.42 bits per heavy atom. The predicted molar refractivity (Wildman–Crippen MR) is 101 cm³/mol. The smallest absolute Gasteiger partial charge is 0.243 e. The van der Waals surface area contributed by atoms with Crippen molar-refractivity contribution in [3.8, 4) is 6.07 Å². The van der Waals surface area contributed by atoms with E-state index < -0.39 is 10.0 Å². The predicted octanol–water partition coefficient (Wildman–Crippen LogP) is 3.28. The van der Waals surface area contributed by atoms with Gasteiger partial charge in [0.1, 0.15) is 0 Å². The van der Waals surface area contributed by atoms with Crippen molar-refractivity contribution in [3.05, 3.63) is 64.7 Å². The summed E-state index contributed by atoms with van der Waals surface area (Å²) < 4.78 is 27.2. The highest BCUT2D eigenvalue weighted by atomic mass is 35.5. The molecule has 0 bridgehead atoms. The Labute approximate surface area is 159 Å². The number of hydrogen-bond donors (Lipinski definition) is 0. The first-order valence-corrected chi connectivity index (χ1v) is 10.2. The van der Waals surface area contributed by atoms with Gasteiger partial charge in [-0.25, -0.2) is 8.42 Å². The van der Waals surface area contributed by atoms with Crippen molar-refractivity contribution in [2.75, 3.05) is 26.2 Å². The van der Waals surface area contributed by atoms with Gasteiger partial charge in [-0.3, -0.25) is 4.90 Å². The number of sulfonamides is 1. The number of nitrogens with zero attached hydrogens (tertiary/aromatic N) is 3. The fraction of sp³-hybridized carbons (Fsp3) is 0.316. The SMILES string of the molecule is C[C@H](c1ccccc1Cl)N1CCN(S(=O)(=O)c2cccc(C#N)c2)CC1. The lowest BCUT2D eigenvalue weighted by Crippen LogP contribution is -2.49. The van der Waals surface area contributed by atoms with Crippen molar-refractivity contribution >= 4 is 21.6 Å². The van der Waals surface area contributed by atoms with E-state index in [1.807, 2.05) is 30.3 Å². The minimum atomic E-state index is -3.59. The highest BCUT2D eigenvalue weighted by molar-refractivity contribution is 7.89. The molecule has 0 N–H and O–H groups in total. The third kappa shape index (κ3) is 3.76. The standard InChI is InChI=1S/C19H20ClN3O2S/c1-15(18-7-2-3-8-19(18)20)22-9-11-23(12-10-22)26(24,25)17-6-4-5-16(13-17)14-21/h2-8,13,15H,9-12H2,1H3/t15-/m1/s1. The fourth-order valence-electron chi connectivity index (χ4n) is 3.22. The summed E-state index contributed by atoms with van der Waals surface area (Å²) in [6.07, 6.45) is 0. The Balaban J connectivity index is 1.72. The van der Waals surface area contributed by atoms with Crippen LogP contribution in [0.3, 0.4) is 0 Å². The second-order valence-electron chi connectivity index (χ2n) is 6.28. The Bertz CT molecular complexity index is 932. The average Bonchev–Trinajstić information content (AvgIpc) is 2.68. The molecule has 26 heavy (non-hydrogen) atoms. The van der Waals surface area contributed by atoms with Gasteiger partial charge in [0.15, 0.2) is 0 Å². The molecular formula is C19H20ClN3O2S. The van der Waals surface area contributed by atoms with Crippen LogP contribution in [0.1, 0.15) is 24.1 Å². The highest BCUT2D eigenvalue weighted by Gasteiger charge is 2.30. The first-order chi connectivity index (χ1) is 12.4. The van der Waals surface area contributed by atoms with E-state index in [1.165, 1.54) is 16.4 Å². The van der Waals surface area contributed by atoms with Crippen molar-refractivity contribution in [3.63, 3.8) is 0 Å². The van der Waals surface area contributed by atoms with Gasteiger partial charge in [0.05, 0.1) is 16.5 Å². The third-order valence-electron chi connectivity index (χ3n) is 4.78. The van der Waals surface area contributed by atoms with E-state index in [1.54, 1.807) is 12.1 Å². The molecule has 5 nitrogen and oxygen atoms in total. The zero-order valence-corrected chi connectivity index (χ0v) is 16.0. The average molecular weight is 390 g/mol. The molecule has 3 rings (SSSR count). The van der Waals surface area contributed by atoms with Crippen LogP contribution in [0.5, 0.6) is 0 Å². The summed E-state index contributed by atoms with van der Waals surface area (Å²) in [5.74, 6) is 0. The number of nitriles is 1. The molecular weight excluding hydrogens is 370 g/mol. The number of hydrogen-bond acceptors (Lipinski definition) is 4. The van der Waals surface area contributed by atoms with E-state index in [-0.39, 0.29) is 10.9 Å². The molecule has 2 aromatic carbocycles. The van der Waals surface area contributed by atoms with E-state index in [9.17, 15) is 8.42 Å². The van der Waals surface area contributed by atoms with Gasteiger partial charge < -0.3 is 0 Å². The van der Waals surface area contributed by atoms with Crippen LogP contribution in [0.2, 0.25) is 5.02 Å². The molecule has 0 aliphatic carbocycles. The van der Waals surface area contributed by atoms with Crippen molar-refractivity contribution in [2.24, 2.45) is 0 Å². The first-order valence-electron chi connectivity index (χ1n) is 8.42. The molecule has 1 fully saturated rings. The molecule has 1 atom stereocenters. The third-order valence-corrected chi connectivity index (χ3v) is 7.02. The summed E-state index contributed by atoms with van der Waals surface area (Å²) >= 11 is 6.29. The summed E-state index contributed by atoms with van der Waals surface area (Å²) in [6, 6.07) is 16.0. The number of rotatable bonds is 4. The molecule has 2 aromatic rings. The van der Waals surface area contributed by atoms with Gasteiger partial charge in [0.25, 0.3) is 0 Å². The van der Waals surface area contributed by atoms with E-state index in [0.29, 0.717) is 31.7 Å². The van der Waals surface area contributed by atoms with E-state index in [0.717, 1.165) is 10.6 Å². The van der Waals surface area contributed by atoms with E-state index in [4.69, 9.17) is 16.9 Å². The minimum Gasteiger partial charge on any atom is -0.294 e. The quantitative estimate of drug-likeness (QED) is 0.804. The lowest BCUT2D eigenvalue weighted by Gasteiger charge is -2.37. The summed E-state index contributed by atoms with van der Waals surface area (Å²) in [5.41, 5.74) is 1.39. The maximum absolute atomic E-state index is 12.8. The van der Waals surface area contributed by atoms with Crippen molar-refractivity contribution in [1.29, 1.82) is 5.26 Å². The Kier molecular flexibility index (Phi) is 5.64. The topological polar surface area (TPSA) is 64.4 Å². The van der Waals surface area contributed by atoms with E-state index >= 15 is 0 Å². The van der Waals surface area contributed by atoms with Crippen LogP contribution in [0.4, 0.5) is 0 Å². The highest BCUT2D eigenvalue weighted by Crippen LogP contribution is 2.28. The molecule has 0 saturated carbocycles. The van der Waals surface area contributed by atoms with Crippen LogP contribution >= 0.6 is 11.6 Å². The zero-order valence-electron chi connectivity index (χ0n) is 14.5. The maximum Gasteiger partial charge on any atom is 0.243 e. The van der Waals surface area contributed by atoms with Crippen LogP contribution in [0.15, 0.2) is 53.4 Å². The molecule has 136 valence electrons. The molecule has 1 saturated heterocycles. The van der Waals surface area contributed by atoms with Gasteiger partial charge in [-0.15, -0.1) is 0 Å². The molecule has 1 aliphatic rings. The number of halogens is 1. The lowest BCUT2D eigenvalue weighted by molar-refractivity contribution is 0.146. The summed E-state index contributed by atoms with van der Waals surface area (Å²) in [6.45, 7) is 4.16. The molecule has 0 radical (unpaired) electrons. The van der Waals surface area contributed by atoms with Crippen molar-refractivity contribution < 1.29 is 8.42 Å². The number of benzene rings is 2. The molecule has 1 heterocycles. The van der Waals surface area contributed by atoms with Crippen LogP contribution in [-0.4, -0.2) is 43.8 Å². The minimum absolute atomic E-state index is 0.121. The van der Waals surface area contributed by atoms with Gasteiger partial charge in [-0.2, -0.15) is 9.57 Å². The zero-order chi connectivity index (χ0) is 18.7. The van der Waals surface area contributed by atoms with Gasteiger partial charge in [-0.05, 0) is 36.8 Å². The molecule has 0 spiro atoms. The molecule has 1 aliphatic heterocycles. The van der Waals surface area contributed by atoms with Gasteiger partial charge in [0.2, 0.25) is 10.0 Å². The van der Waals surface area contributed by atoms with Crippen LogP contribution in [0.25, 0.3) is 0 Å². The van der Waals surface area contributed by atoms with E-state index in [2.05, 4.69) is 11.8 Å². The fourth-order valence-corrected chi connectivity index (χ4v) is 4.98. The van der Waals surface area contributed by atoms with Gasteiger partial charge in [0, 0.05) is 37.2 Å². The summed E-state index contributed by atoms with van der Waals surface area (Å²) in [4.78, 5) is 2.41. The Morgan fingerprint density at radius 1 is 1.08 bits per heavy atom. The van der Waals surface area contributed by atoms with Gasteiger partial charge in [-0.1, -0.05) is 35.9 Å². The Hall–Kier alpha value is -1.91. The molecule has 7 heteroatoms. The normalized spacial score (nSPS) is 17.6. The first kappa shape index (κ1) is 18.9. The van der Waals surface area contributed by atoms with Crippen LogP contribution in [-0.2, 0) is 10.0 Å². The Morgan fingerprint density at radius 2 is 1.77 bits per heavy atom. The molecule has 0 aromatic heterocycles. The molecule has 0 amide bonds. The van der Waals surface area contributed by atoms with Crippen LogP contribution in [0, 0.1) is 11.3 Å². The largest absolute Gasteiger partial charge is 0.294 e. The summed E-state index contributed by atoms with van der Waals surface area (Å²) in [7, 11) is -3.59. The van der Waals surface area contributed by atoms with Crippen molar-refractivity contribution in [2.45, 2.75) is 17.9 Å². The number of piperazine rings is 1. The second-order valence-corrected chi connectivity index (χ2v) is 8.62. The maximum atomic E-state index is 12.8. The molecule has 0 unspecified atom stereocenters. The second kappa shape index (κ2) is 7.77. The van der Waals surface area contributed by atoms with Gasteiger partial charge >= 0.3 is 0 Å². The monoisotopic (exact) mass is 389 g/mol. The summed E-state index contributed by atoms with van der Waals surface area (Å²) in [5, 5.41) is 9.71. The lowest BCUT2D eigenvalue weighted by atomic mass is 10.1. The van der Waals surface area contributed by atoms with Crippen LogP contribution < -0.4 is 0 Å².